The molecule has 0 aromatic rings. The lowest BCUT2D eigenvalue weighted by Crippen LogP contribution is -2.05. The highest BCUT2D eigenvalue weighted by Gasteiger charge is 2.12. The molecule has 1 rings (SSSR count). The summed E-state index contributed by atoms with van der Waals surface area (Å²) in [5, 5.41) is 0. The van der Waals surface area contributed by atoms with Gasteiger partial charge in [-0.05, 0) is 37.7 Å². The Morgan fingerprint density at radius 2 is 2.30 bits per heavy atom. The van der Waals surface area contributed by atoms with Crippen LogP contribution in [0.25, 0.3) is 0 Å². The summed E-state index contributed by atoms with van der Waals surface area (Å²) in [5.74, 6) is 0.793. The third-order valence-corrected chi connectivity index (χ3v) is 2.58. The van der Waals surface area contributed by atoms with E-state index in [1.807, 2.05) is 6.08 Å². The van der Waals surface area contributed by atoms with E-state index in [-0.39, 0.29) is 0 Å². The summed E-state index contributed by atoms with van der Waals surface area (Å²) in [4.78, 5) is 0. The van der Waals surface area contributed by atoms with Gasteiger partial charge >= 0.3 is 0 Å². The van der Waals surface area contributed by atoms with Gasteiger partial charge in [0.05, 0.1) is 0 Å². The maximum Gasteiger partial charge on any atom is -0.0228 e. The van der Waals surface area contributed by atoms with Crippen molar-refractivity contribution in [3.8, 4) is 0 Å². The summed E-state index contributed by atoms with van der Waals surface area (Å²) in [7, 11) is 0. The molecule has 0 fully saturated rings. The lowest BCUT2D eigenvalue weighted by molar-refractivity contribution is 0.541. The SMILES string of the molecule is C=CC1=C(C)C(C)CCC1. The Balaban J connectivity index is 2.81. The molecular weight excluding hydrogens is 120 g/mol. The van der Waals surface area contributed by atoms with Gasteiger partial charge in [-0.15, -0.1) is 0 Å². The molecule has 0 bridgehead atoms. The van der Waals surface area contributed by atoms with E-state index in [1.165, 1.54) is 24.8 Å². The van der Waals surface area contributed by atoms with Gasteiger partial charge in [0.15, 0.2) is 0 Å². The van der Waals surface area contributed by atoms with E-state index in [0.717, 1.165) is 5.92 Å². The van der Waals surface area contributed by atoms with Crippen LogP contribution < -0.4 is 0 Å². The van der Waals surface area contributed by atoms with Crippen molar-refractivity contribution in [3.05, 3.63) is 23.8 Å². The molecule has 0 N–H and O–H groups in total. The van der Waals surface area contributed by atoms with E-state index in [1.54, 1.807) is 5.57 Å². The van der Waals surface area contributed by atoms with Gasteiger partial charge in [-0.2, -0.15) is 0 Å². The maximum atomic E-state index is 3.81. The second-order valence-corrected chi connectivity index (χ2v) is 3.21. The Morgan fingerprint density at radius 1 is 1.60 bits per heavy atom. The van der Waals surface area contributed by atoms with Gasteiger partial charge in [-0.3, -0.25) is 0 Å². The Morgan fingerprint density at radius 3 is 2.80 bits per heavy atom. The summed E-state index contributed by atoms with van der Waals surface area (Å²) in [6, 6.07) is 0. The molecule has 1 aliphatic rings. The molecule has 0 saturated heterocycles. The first-order valence-corrected chi connectivity index (χ1v) is 4.07. The first-order valence-electron chi connectivity index (χ1n) is 4.07. The standard InChI is InChI=1S/C10H16/c1-4-10-7-5-6-8(2)9(10)3/h4,8H,1,5-7H2,2-3H3. The Labute approximate surface area is 63.6 Å². The van der Waals surface area contributed by atoms with Crippen LogP contribution in [0.4, 0.5) is 0 Å². The highest BCUT2D eigenvalue weighted by atomic mass is 14.2. The third-order valence-electron chi connectivity index (χ3n) is 2.58. The number of allylic oxidation sites excluding steroid dienone is 3. The number of hydrogen-bond donors (Lipinski definition) is 0. The molecule has 1 unspecified atom stereocenters. The molecular formula is C10H16. The van der Waals surface area contributed by atoms with Crippen molar-refractivity contribution in [1.82, 2.24) is 0 Å². The van der Waals surface area contributed by atoms with Crippen LogP contribution >= 0.6 is 0 Å². The summed E-state index contributed by atoms with van der Waals surface area (Å²) in [5.41, 5.74) is 3.04. The van der Waals surface area contributed by atoms with E-state index < -0.39 is 0 Å². The van der Waals surface area contributed by atoms with Gasteiger partial charge in [0.1, 0.15) is 0 Å². The second-order valence-electron chi connectivity index (χ2n) is 3.21. The second kappa shape index (κ2) is 3.05. The fourth-order valence-corrected chi connectivity index (χ4v) is 1.59. The lowest BCUT2D eigenvalue weighted by atomic mass is 9.85. The van der Waals surface area contributed by atoms with Crippen molar-refractivity contribution in [3.63, 3.8) is 0 Å². The van der Waals surface area contributed by atoms with E-state index in [4.69, 9.17) is 0 Å². The molecule has 0 spiro atoms. The van der Waals surface area contributed by atoms with Gasteiger partial charge < -0.3 is 0 Å². The minimum absolute atomic E-state index is 0.793. The molecule has 1 aliphatic carbocycles. The molecule has 0 heteroatoms. The summed E-state index contributed by atoms with van der Waals surface area (Å²) < 4.78 is 0. The minimum atomic E-state index is 0.793. The monoisotopic (exact) mass is 136 g/mol. The predicted octanol–water partition coefficient (Wildman–Crippen LogP) is 3.31. The molecule has 0 heterocycles. The summed E-state index contributed by atoms with van der Waals surface area (Å²) in [6.07, 6.45) is 5.98. The number of hydrogen-bond acceptors (Lipinski definition) is 0. The van der Waals surface area contributed by atoms with Crippen LogP contribution in [0.2, 0.25) is 0 Å². The highest BCUT2D eigenvalue weighted by molar-refractivity contribution is 5.26. The average molecular weight is 136 g/mol. The van der Waals surface area contributed by atoms with Crippen LogP contribution in [0.5, 0.6) is 0 Å². The van der Waals surface area contributed by atoms with Crippen molar-refractivity contribution in [2.24, 2.45) is 5.92 Å². The van der Waals surface area contributed by atoms with Crippen molar-refractivity contribution in [2.45, 2.75) is 33.1 Å². The van der Waals surface area contributed by atoms with E-state index in [0.29, 0.717) is 0 Å². The van der Waals surface area contributed by atoms with Crippen molar-refractivity contribution in [2.75, 3.05) is 0 Å². The molecule has 56 valence electrons. The Bertz CT molecular complexity index is 163. The predicted molar refractivity (Wildman–Crippen MR) is 45.9 cm³/mol. The molecule has 0 aliphatic heterocycles. The minimum Gasteiger partial charge on any atom is -0.0988 e. The van der Waals surface area contributed by atoms with Crippen molar-refractivity contribution >= 4 is 0 Å². The van der Waals surface area contributed by atoms with Crippen LogP contribution in [0.3, 0.4) is 0 Å². The van der Waals surface area contributed by atoms with Gasteiger partial charge in [-0.25, -0.2) is 0 Å². The fraction of sp³-hybridized carbons (Fsp3) is 0.600. The molecule has 0 aromatic carbocycles. The molecule has 0 amide bonds. The first-order chi connectivity index (χ1) is 4.75. The Kier molecular flexibility index (Phi) is 2.31. The molecule has 1 atom stereocenters. The zero-order valence-corrected chi connectivity index (χ0v) is 6.98. The molecule has 10 heavy (non-hydrogen) atoms. The van der Waals surface area contributed by atoms with Crippen molar-refractivity contribution < 1.29 is 0 Å². The van der Waals surface area contributed by atoms with E-state index in [2.05, 4.69) is 20.4 Å². The van der Waals surface area contributed by atoms with E-state index >= 15 is 0 Å². The van der Waals surface area contributed by atoms with E-state index in [9.17, 15) is 0 Å². The number of rotatable bonds is 1. The first kappa shape index (κ1) is 7.59. The lowest BCUT2D eigenvalue weighted by Gasteiger charge is -2.21. The van der Waals surface area contributed by atoms with Gasteiger partial charge in [0.25, 0.3) is 0 Å². The van der Waals surface area contributed by atoms with Crippen LogP contribution in [0.15, 0.2) is 23.8 Å². The third kappa shape index (κ3) is 1.31. The van der Waals surface area contributed by atoms with Gasteiger partial charge in [-0.1, -0.05) is 25.2 Å². The van der Waals surface area contributed by atoms with Crippen LogP contribution in [-0.4, -0.2) is 0 Å². The quantitative estimate of drug-likeness (QED) is 0.518. The fourth-order valence-electron chi connectivity index (χ4n) is 1.59. The zero-order chi connectivity index (χ0) is 7.56. The molecule has 0 aromatic heterocycles. The normalized spacial score (nSPS) is 26.8. The molecule has 0 radical (unpaired) electrons. The topological polar surface area (TPSA) is 0 Å². The van der Waals surface area contributed by atoms with Crippen LogP contribution in [0, 0.1) is 5.92 Å². The smallest absolute Gasteiger partial charge is 0.0228 e. The molecule has 0 saturated carbocycles. The van der Waals surface area contributed by atoms with Crippen molar-refractivity contribution in [1.29, 1.82) is 0 Å². The van der Waals surface area contributed by atoms with Crippen LogP contribution in [-0.2, 0) is 0 Å². The summed E-state index contributed by atoms with van der Waals surface area (Å²) in [6.45, 7) is 8.35. The highest BCUT2D eigenvalue weighted by Crippen LogP contribution is 2.29. The van der Waals surface area contributed by atoms with Crippen LogP contribution in [0.1, 0.15) is 33.1 Å². The van der Waals surface area contributed by atoms with Gasteiger partial charge in [0.2, 0.25) is 0 Å². The Hall–Kier alpha value is -0.520. The maximum absolute atomic E-state index is 3.81. The molecule has 0 nitrogen and oxygen atoms in total. The average Bonchev–Trinajstić information content (AvgIpc) is 1.95. The largest absolute Gasteiger partial charge is 0.0988 e. The van der Waals surface area contributed by atoms with Gasteiger partial charge in [0, 0.05) is 0 Å². The zero-order valence-electron chi connectivity index (χ0n) is 6.98. The summed E-state index contributed by atoms with van der Waals surface area (Å²) >= 11 is 0.